The molecule has 102 valence electrons. The molecule has 1 aliphatic carbocycles. The van der Waals surface area contributed by atoms with Crippen LogP contribution < -0.4 is 21.1 Å². The van der Waals surface area contributed by atoms with E-state index in [1.165, 1.54) is 12.8 Å². The van der Waals surface area contributed by atoms with Crippen molar-refractivity contribution in [1.82, 2.24) is 15.6 Å². The van der Waals surface area contributed by atoms with E-state index in [0.29, 0.717) is 11.8 Å². The number of primary amides is 1. The normalized spacial score (nSPS) is 13.9. The number of nitrogens with zero attached hydrogens (tertiary/aromatic N) is 1. The molecule has 0 radical (unpaired) electrons. The summed E-state index contributed by atoms with van der Waals surface area (Å²) in [6.45, 7) is 0.456. The number of nitrogens with one attached hydrogen (secondary N) is 2. The monoisotopic (exact) mass is 264 g/mol. The van der Waals surface area contributed by atoms with Gasteiger partial charge >= 0.3 is 6.03 Å². The molecule has 0 bridgehead atoms. The molecule has 0 aromatic carbocycles. The highest BCUT2D eigenvalue weighted by Crippen LogP contribution is 2.19. The number of aromatic nitrogens is 1. The van der Waals surface area contributed by atoms with Gasteiger partial charge in [0.25, 0.3) is 5.91 Å². The molecular weight excluding hydrogens is 248 g/mol. The van der Waals surface area contributed by atoms with Gasteiger partial charge in [-0.25, -0.2) is 4.79 Å². The van der Waals surface area contributed by atoms with Crippen LogP contribution >= 0.6 is 0 Å². The van der Waals surface area contributed by atoms with Crippen molar-refractivity contribution >= 4 is 11.9 Å². The third-order valence-electron chi connectivity index (χ3n) is 2.58. The van der Waals surface area contributed by atoms with Crippen LogP contribution in [0.3, 0.4) is 0 Å². The predicted octanol–water partition coefficient (Wildman–Crippen LogP) is -0.0927. The first-order valence-corrected chi connectivity index (χ1v) is 6.04. The fourth-order valence-corrected chi connectivity index (χ4v) is 1.46. The number of nitrogens with two attached hydrogens (primary N) is 1. The zero-order valence-electron chi connectivity index (χ0n) is 10.4. The van der Waals surface area contributed by atoms with Gasteiger partial charge in [0.15, 0.2) is 6.61 Å². The van der Waals surface area contributed by atoms with E-state index in [0.717, 1.165) is 12.2 Å². The van der Waals surface area contributed by atoms with Gasteiger partial charge in [-0.1, -0.05) is 0 Å². The molecule has 19 heavy (non-hydrogen) atoms. The quantitative estimate of drug-likeness (QED) is 0.665. The molecule has 0 aliphatic heterocycles. The maximum Gasteiger partial charge on any atom is 0.318 e. The van der Waals surface area contributed by atoms with E-state index in [9.17, 15) is 9.59 Å². The second-order valence-corrected chi connectivity index (χ2v) is 4.34. The summed E-state index contributed by atoms with van der Waals surface area (Å²) < 4.78 is 5.16. The summed E-state index contributed by atoms with van der Waals surface area (Å²) in [6.07, 6.45) is 4.01. The fraction of sp³-hybridized carbons (Fsp3) is 0.417. The Balaban J connectivity index is 1.74. The Morgan fingerprint density at radius 3 is 2.79 bits per heavy atom. The molecule has 1 fully saturated rings. The van der Waals surface area contributed by atoms with Crippen molar-refractivity contribution in [3.63, 3.8) is 0 Å². The molecule has 7 nitrogen and oxygen atoms in total. The third kappa shape index (κ3) is 4.92. The van der Waals surface area contributed by atoms with Gasteiger partial charge in [0.05, 0.1) is 11.9 Å². The number of ether oxygens (including phenoxy) is 1. The van der Waals surface area contributed by atoms with Gasteiger partial charge < -0.3 is 15.8 Å². The van der Waals surface area contributed by atoms with Gasteiger partial charge in [-0.05, 0) is 25.0 Å². The zero-order chi connectivity index (χ0) is 13.7. The number of urea groups is 1. The number of amides is 3. The lowest BCUT2D eigenvalue weighted by Crippen LogP contribution is -2.38. The number of rotatable bonds is 6. The number of pyridine rings is 1. The molecule has 0 spiro atoms. The minimum Gasteiger partial charge on any atom is -0.482 e. The summed E-state index contributed by atoms with van der Waals surface area (Å²) in [5, 5.41) is 5.25. The minimum atomic E-state index is -0.895. The number of imide groups is 1. The Bertz CT molecular complexity index is 457. The maximum atomic E-state index is 11.1. The average Bonchev–Trinajstić information content (AvgIpc) is 3.18. The van der Waals surface area contributed by atoms with Crippen molar-refractivity contribution in [3.05, 3.63) is 24.0 Å². The first-order chi connectivity index (χ1) is 9.13. The third-order valence-corrected chi connectivity index (χ3v) is 2.58. The van der Waals surface area contributed by atoms with Crippen molar-refractivity contribution in [1.29, 1.82) is 0 Å². The highest BCUT2D eigenvalue weighted by molar-refractivity contribution is 5.94. The van der Waals surface area contributed by atoms with Gasteiger partial charge in [0.2, 0.25) is 0 Å². The summed E-state index contributed by atoms with van der Waals surface area (Å²) in [6, 6.07) is 3.30. The standard InChI is InChI=1S/C12H16N4O3/c13-12(18)16-11(17)7-19-10-4-3-9(15-6-10)5-14-8-1-2-8/h3-4,6,8,14H,1-2,5,7H2,(H3,13,16,17,18). The molecular formula is C12H16N4O3. The summed E-state index contributed by atoms with van der Waals surface area (Å²) in [5.74, 6) is -0.123. The molecule has 0 saturated heterocycles. The van der Waals surface area contributed by atoms with Crippen LogP contribution in [0, 0.1) is 0 Å². The van der Waals surface area contributed by atoms with Crippen LogP contribution in [0.2, 0.25) is 0 Å². The van der Waals surface area contributed by atoms with E-state index in [1.807, 2.05) is 11.4 Å². The van der Waals surface area contributed by atoms with Crippen LogP contribution in [0.1, 0.15) is 18.5 Å². The molecule has 1 heterocycles. The van der Waals surface area contributed by atoms with Crippen molar-refractivity contribution in [2.75, 3.05) is 6.61 Å². The van der Waals surface area contributed by atoms with Gasteiger partial charge in [-0.15, -0.1) is 0 Å². The Kier molecular flexibility index (Phi) is 4.30. The summed E-state index contributed by atoms with van der Waals surface area (Å²) in [5.41, 5.74) is 5.72. The van der Waals surface area contributed by atoms with Gasteiger partial charge in [0.1, 0.15) is 5.75 Å². The van der Waals surface area contributed by atoms with Gasteiger partial charge in [-0.3, -0.25) is 15.1 Å². The topological polar surface area (TPSA) is 106 Å². The van der Waals surface area contributed by atoms with Crippen LogP contribution in [-0.2, 0) is 11.3 Å². The van der Waals surface area contributed by atoms with Gasteiger partial charge in [0, 0.05) is 12.6 Å². The Morgan fingerprint density at radius 1 is 1.42 bits per heavy atom. The van der Waals surface area contributed by atoms with E-state index >= 15 is 0 Å². The second-order valence-electron chi connectivity index (χ2n) is 4.34. The Hall–Kier alpha value is -2.15. The molecule has 7 heteroatoms. The predicted molar refractivity (Wildman–Crippen MR) is 67.3 cm³/mol. The number of hydrogen-bond donors (Lipinski definition) is 3. The van der Waals surface area contributed by atoms with Crippen LogP contribution in [0.5, 0.6) is 5.75 Å². The van der Waals surface area contributed by atoms with Gasteiger partial charge in [-0.2, -0.15) is 0 Å². The Morgan fingerprint density at radius 2 is 2.21 bits per heavy atom. The molecule has 1 aromatic rings. The lowest BCUT2D eigenvalue weighted by Gasteiger charge is -2.06. The van der Waals surface area contributed by atoms with Crippen molar-refractivity contribution in [3.8, 4) is 5.75 Å². The molecule has 1 aromatic heterocycles. The molecule has 1 saturated carbocycles. The highest BCUT2D eigenvalue weighted by Gasteiger charge is 2.20. The fourth-order valence-electron chi connectivity index (χ4n) is 1.46. The minimum absolute atomic E-state index is 0.274. The number of hydrogen-bond acceptors (Lipinski definition) is 5. The largest absolute Gasteiger partial charge is 0.482 e. The maximum absolute atomic E-state index is 11.1. The zero-order valence-corrected chi connectivity index (χ0v) is 10.4. The first kappa shape index (κ1) is 13.3. The van der Waals surface area contributed by atoms with Crippen molar-refractivity contribution in [2.24, 2.45) is 5.73 Å². The van der Waals surface area contributed by atoms with E-state index < -0.39 is 11.9 Å². The van der Waals surface area contributed by atoms with Crippen LogP contribution in [0.25, 0.3) is 0 Å². The average molecular weight is 264 g/mol. The van der Waals surface area contributed by atoms with E-state index in [2.05, 4.69) is 10.3 Å². The van der Waals surface area contributed by atoms with E-state index in [4.69, 9.17) is 10.5 Å². The van der Waals surface area contributed by atoms with Crippen molar-refractivity contribution in [2.45, 2.75) is 25.4 Å². The molecule has 0 unspecified atom stereocenters. The summed E-state index contributed by atoms with van der Waals surface area (Å²) in [4.78, 5) is 25.7. The summed E-state index contributed by atoms with van der Waals surface area (Å²) in [7, 11) is 0. The molecule has 2 rings (SSSR count). The lowest BCUT2D eigenvalue weighted by atomic mass is 10.3. The van der Waals surface area contributed by atoms with Crippen LogP contribution in [0.15, 0.2) is 18.3 Å². The second kappa shape index (κ2) is 6.14. The van der Waals surface area contributed by atoms with Crippen LogP contribution in [-0.4, -0.2) is 29.6 Å². The highest BCUT2D eigenvalue weighted by atomic mass is 16.5. The Labute approximate surface area is 110 Å². The number of carbonyl (C=O) groups is 2. The molecule has 0 atom stereocenters. The summed E-state index contributed by atoms with van der Waals surface area (Å²) >= 11 is 0. The van der Waals surface area contributed by atoms with Crippen LogP contribution in [0.4, 0.5) is 4.79 Å². The van der Waals surface area contributed by atoms with E-state index in [1.54, 1.807) is 12.3 Å². The molecule has 4 N–H and O–H groups in total. The lowest BCUT2D eigenvalue weighted by molar-refractivity contribution is -0.121. The molecule has 3 amide bonds. The molecule has 1 aliphatic rings. The van der Waals surface area contributed by atoms with E-state index in [-0.39, 0.29) is 6.61 Å². The first-order valence-electron chi connectivity index (χ1n) is 6.04. The number of carbonyl (C=O) groups excluding carboxylic acids is 2. The smallest absolute Gasteiger partial charge is 0.318 e. The SMILES string of the molecule is NC(=O)NC(=O)COc1ccc(CNC2CC2)nc1. The van der Waals surface area contributed by atoms with Crippen molar-refractivity contribution < 1.29 is 14.3 Å².